The van der Waals surface area contributed by atoms with E-state index < -0.39 is 17.6 Å². The maximum absolute atomic E-state index is 12.8. The molecule has 23 heavy (non-hydrogen) atoms. The first kappa shape index (κ1) is 16.3. The molecule has 0 radical (unpaired) electrons. The number of halogens is 3. The third-order valence-electron chi connectivity index (χ3n) is 2.55. The van der Waals surface area contributed by atoms with Gasteiger partial charge in [0, 0.05) is 6.20 Å². The summed E-state index contributed by atoms with van der Waals surface area (Å²) in [6.45, 7) is 0. The van der Waals surface area contributed by atoms with Crippen LogP contribution in [0.15, 0.2) is 52.8 Å². The normalized spacial score (nSPS) is 11.4. The molecule has 0 fully saturated rings. The molecule has 1 heterocycles. The first-order chi connectivity index (χ1) is 10.9. The van der Waals surface area contributed by atoms with Crippen molar-refractivity contribution in [1.29, 1.82) is 0 Å². The van der Waals surface area contributed by atoms with Crippen LogP contribution < -0.4 is 16.2 Å². The lowest BCUT2D eigenvalue weighted by atomic mass is 10.2. The second kappa shape index (κ2) is 6.77. The summed E-state index contributed by atoms with van der Waals surface area (Å²) in [7, 11) is 0. The van der Waals surface area contributed by atoms with Gasteiger partial charge in [0.15, 0.2) is 0 Å². The van der Waals surface area contributed by atoms with E-state index in [1.54, 1.807) is 12.1 Å². The number of hydrogen-bond donors (Lipinski definition) is 2. The largest absolute Gasteiger partial charge is 0.438 e. The number of alkyl halides is 3. The van der Waals surface area contributed by atoms with E-state index in [1.807, 2.05) is 0 Å². The zero-order valence-corrected chi connectivity index (χ0v) is 11.7. The number of aromatic nitrogens is 1. The van der Waals surface area contributed by atoms with Gasteiger partial charge in [-0.15, -0.1) is 5.10 Å². The number of rotatable bonds is 4. The van der Waals surface area contributed by atoms with Crippen LogP contribution in [0.25, 0.3) is 0 Å². The SMILES string of the molecule is NC(N)=NN=Cc1ccc(Oc2ncccc2C(F)(F)F)cc1. The van der Waals surface area contributed by atoms with Crippen molar-refractivity contribution >= 4 is 12.2 Å². The fraction of sp³-hybridized carbons (Fsp3) is 0.0714. The van der Waals surface area contributed by atoms with Gasteiger partial charge in [-0.3, -0.25) is 0 Å². The zero-order valence-electron chi connectivity index (χ0n) is 11.7. The monoisotopic (exact) mass is 323 g/mol. The van der Waals surface area contributed by atoms with Crippen molar-refractivity contribution in [1.82, 2.24) is 4.98 Å². The number of benzene rings is 1. The molecule has 0 bridgehead atoms. The topological polar surface area (TPSA) is 98.9 Å². The Labute approximate surface area is 129 Å². The van der Waals surface area contributed by atoms with Crippen molar-refractivity contribution in [2.24, 2.45) is 21.7 Å². The van der Waals surface area contributed by atoms with Gasteiger partial charge in [-0.1, -0.05) is 0 Å². The Balaban J connectivity index is 2.16. The minimum atomic E-state index is -4.55. The molecule has 1 aromatic heterocycles. The number of nitrogens with zero attached hydrogens (tertiary/aromatic N) is 3. The number of guanidine groups is 1. The summed E-state index contributed by atoms with van der Waals surface area (Å²) in [6, 6.07) is 8.21. The van der Waals surface area contributed by atoms with E-state index in [9.17, 15) is 13.2 Å². The fourth-order valence-electron chi connectivity index (χ4n) is 1.58. The highest BCUT2D eigenvalue weighted by Crippen LogP contribution is 2.36. The van der Waals surface area contributed by atoms with E-state index >= 15 is 0 Å². The van der Waals surface area contributed by atoms with Crippen LogP contribution in [0.2, 0.25) is 0 Å². The minimum absolute atomic E-state index is 0.184. The molecule has 0 saturated heterocycles. The van der Waals surface area contributed by atoms with Crippen molar-refractivity contribution < 1.29 is 17.9 Å². The van der Waals surface area contributed by atoms with Crippen LogP contribution in [0.5, 0.6) is 11.6 Å². The number of nitrogens with two attached hydrogens (primary N) is 2. The van der Waals surface area contributed by atoms with Gasteiger partial charge in [0.05, 0.1) is 6.21 Å². The number of ether oxygens (including phenoxy) is 1. The maximum atomic E-state index is 12.8. The molecule has 0 aliphatic heterocycles. The molecule has 0 amide bonds. The summed E-state index contributed by atoms with van der Waals surface area (Å²) in [4.78, 5) is 3.62. The van der Waals surface area contributed by atoms with Crippen LogP contribution >= 0.6 is 0 Å². The third-order valence-corrected chi connectivity index (χ3v) is 2.55. The van der Waals surface area contributed by atoms with E-state index in [1.165, 1.54) is 30.6 Å². The lowest BCUT2D eigenvalue weighted by Crippen LogP contribution is -2.21. The van der Waals surface area contributed by atoms with Crippen LogP contribution in [0, 0.1) is 0 Å². The van der Waals surface area contributed by atoms with Crippen molar-refractivity contribution in [3.63, 3.8) is 0 Å². The van der Waals surface area contributed by atoms with Crippen molar-refractivity contribution in [3.8, 4) is 11.6 Å². The average Bonchev–Trinajstić information content (AvgIpc) is 2.48. The van der Waals surface area contributed by atoms with Crippen LogP contribution in [0.1, 0.15) is 11.1 Å². The van der Waals surface area contributed by atoms with Crippen molar-refractivity contribution in [2.75, 3.05) is 0 Å². The molecule has 0 spiro atoms. The molecule has 120 valence electrons. The number of hydrogen-bond acceptors (Lipinski definition) is 4. The van der Waals surface area contributed by atoms with Gasteiger partial charge in [-0.25, -0.2) is 4.98 Å². The zero-order chi connectivity index (χ0) is 16.9. The first-order valence-electron chi connectivity index (χ1n) is 6.28. The van der Waals surface area contributed by atoms with Gasteiger partial charge in [-0.05, 0) is 42.0 Å². The van der Waals surface area contributed by atoms with Crippen LogP contribution in [-0.4, -0.2) is 17.2 Å². The molecular weight excluding hydrogens is 311 g/mol. The molecular formula is C14H12F3N5O. The highest BCUT2D eigenvalue weighted by molar-refractivity contribution is 5.81. The first-order valence-corrected chi connectivity index (χ1v) is 6.28. The Morgan fingerprint density at radius 2 is 1.83 bits per heavy atom. The third kappa shape index (κ3) is 4.70. The van der Waals surface area contributed by atoms with Gasteiger partial charge < -0.3 is 16.2 Å². The van der Waals surface area contributed by atoms with Gasteiger partial charge in [0.2, 0.25) is 11.8 Å². The Bertz CT molecular complexity index is 722. The standard InChI is InChI=1S/C14H12F3N5O/c15-14(16,17)11-2-1-7-20-12(11)23-10-5-3-9(4-6-10)8-21-22-13(18)19/h1-8H,(H4,18,19,22). The second-order valence-corrected chi connectivity index (χ2v) is 4.29. The van der Waals surface area contributed by atoms with Gasteiger partial charge >= 0.3 is 6.18 Å². The predicted molar refractivity (Wildman–Crippen MR) is 79.2 cm³/mol. The van der Waals surface area contributed by atoms with E-state index in [0.29, 0.717) is 5.56 Å². The molecule has 0 unspecified atom stereocenters. The number of pyridine rings is 1. The van der Waals surface area contributed by atoms with Crippen molar-refractivity contribution in [2.45, 2.75) is 6.18 Å². The summed E-state index contributed by atoms with van der Waals surface area (Å²) < 4.78 is 43.7. The Kier molecular flexibility index (Phi) is 4.79. The lowest BCUT2D eigenvalue weighted by Gasteiger charge is -2.12. The van der Waals surface area contributed by atoms with Gasteiger partial charge in [0.25, 0.3) is 0 Å². The molecule has 2 aromatic rings. The molecule has 2 rings (SSSR count). The molecule has 0 saturated carbocycles. The highest BCUT2D eigenvalue weighted by atomic mass is 19.4. The smallest absolute Gasteiger partial charge is 0.421 e. The molecule has 4 N–H and O–H groups in total. The van der Waals surface area contributed by atoms with Crippen LogP contribution in [0.4, 0.5) is 13.2 Å². The summed E-state index contributed by atoms with van der Waals surface area (Å²) >= 11 is 0. The van der Waals surface area contributed by atoms with E-state index in [4.69, 9.17) is 16.2 Å². The van der Waals surface area contributed by atoms with Crippen LogP contribution in [0.3, 0.4) is 0 Å². The lowest BCUT2D eigenvalue weighted by molar-refractivity contribution is -0.138. The summed E-state index contributed by atoms with van der Waals surface area (Å²) in [5.74, 6) is -0.494. The molecule has 0 atom stereocenters. The van der Waals surface area contributed by atoms with Gasteiger partial charge in [0.1, 0.15) is 11.3 Å². The highest BCUT2D eigenvalue weighted by Gasteiger charge is 2.35. The minimum Gasteiger partial charge on any atom is -0.438 e. The Morgan fingerprint density at radius 3 is 2.43 bits per heavy atom. The predicted octanol–water partition coefficient (Wildman–Crippen LogP) is 2.50. The molecule has 6 nitrogen and oxygen atoms in total. The fourth-order valence-corrected chi connectivity index (χ4v) is 1.58. The van der Waals surface area contributed by atoms with E-state index in [-0.39, 0.29) is 11.7 Å². The van der Waals surface area contributed by atoms with E-state index in [0.717, 1.165) is 6.07 Å². The average molecular weight is 323 g/mol. The molecule has 0 aliphatic carbocycles. The summed E-state index contributed by atoms with van der Waals surface area (Å²) in [5.41, 5.74) is 9.91. The van der Waals surface area contributed by atoms with Crippen LogP contribution in [-0.2, 0) is 6.18 Å². The van der Waals surface area contributed by atoms with E-state index in [2.05, 4.69) is 15.2 Å². The van der Waals surface area contributed by atoms with Gasteiger partial charge in [-0.2, -0.15) is 18.3 Å². The Hall–Kier alpha value is -3.10. The maximum Gasteiger partial charge on any atom is 0.421 e. The molecule has 9 heteroatoms. The quantitative estimate of drug-likeness (QED) is 0.513. The second-order valence-electron chi connectivity index (χ2n) is 4.29. The summed E-state index contributed by atoms with van der Waals surface area (Å²) in [5, 5.41) is 7.04. The molecule has 0 aliphatic rings. The molecule has 1 aromatic carbocycles. The summed E-state index contributed by atoms with van der Waals surface area (Å²) in [6.07, 6.45) is -1.94. The van der Waals surface area contributed by atoms with Crippen molar-refractivity contribution in [3.05, 3.63) is 53.7 Å². The Morgan fingerprint density at radius 1 is 1.13 bits per heavy atom.